The van der Waals surface area contributed by atoms with Gasteiger partial charge in [0.05, 0.1) is 22.1 Å². The summed E-state index contributed by atoms with van der Waals surface area (Å²) in [7, 11) is 0. The van der Waals surface area contributed by atoms with Gasteiger partial charge in [0, 0.05) is 11.5 Å². The highest BCUT2D eigenvalue weighted by Gasteiger charge is 2.09. The fourth-order valence-corrected chi connectivity index (χ4v) is 5.31. The van der Waals surface area contributed by atoms with Crippen LogP contribution in [0.1, 0.15) is 22.3 Å². The van der Waals surface area contributed by atoms with E-state index in [-0.39, 0.29) is 0 Å². The van der Waals surface area contributed by atoms with Gasteiger partial charge in [-0.3, -0.25) is 0 Å². The SMILES string of the molecule is Cc1ccc2nc(SCc3ccccc3CSc3nc4ccc(C)cc4[nH]3)[nH]c2c1. The first-order chi connectivity index (χ1) is 14.6. The van der Waals surface area contributed by atoms with Crippen LogP contribution < -0.4 is 0 Å². The molecule has 0 fully saturated rings. The molecule has 0 aliphatic heterocycles. The van der Waals surface area contributed by atoms with Gasteiger partial charge < -0.3 is 9.97 Å². The summed E-state index contributed by atoms with van der Waals surface area (Å²) in [6.07, 6.45) is 0. The highest BCUT2D eigenvalue weighted by molar-refractivity contribution is 7.98. The van der Waals surface area contributed by atoms with Gasteiger partial charge in [-0.25, -0.2) is 9.97 Å². The summed E-state index contributed by atoms with van der Waals surface area (Å²) in [5, 5.41) is 1.93. The Morgan fingerprint density at radius 2 is 1.13 bits per heavy atom. The van der Waals surface area contributed by atoms with Crippen LogP contribution in [0.4, 0.5) is 0 Å². The largest absolute Gasteiger partial charge is 0.333 e. The van der Waals surface area contributed by atoms with Gasteiger partial charge in [-0.15, -0.1) is 0 Å². The number of benzene rings is 3. The standard InChI is InChI=1S/C24H22N4S2/c1-15-7-9-19-21(11-15)27-23(25-19)29-13-17-5-3-4-6-18(17)14-30-24-26-20-10-8-16(2)12-22(20)28-24/h3-12H,13-14H2,1-2H3,(H,25,27)(H,26,28). The Kier molecular flexibility index (Phi) is 5.27. The van der Waals surface area contributed by atoms with Crippen LogP contribution in [0, 0.1) is 13.8 Å². The fraction of sp³-hybridized carbons (Fsp3) is 0.167. The second-order valence-corrected chi connectivity index (χ2v) is 9.40. The van der Waals surface area contributed by atoms with Crippen LogP contribution in [0.3, 0.4) is 0 Å². The fourth-order valence-electron chi connectivity index (χ4n) is 3.47. The second kappa shape index (κ2) is 8.20. The Balaban J connectivity index is 1.29. The molecule has 0 atom stereocenters. The van der Waals surface area contributed by atoms with E-state index in [2.05, 4.69) is 84.5 Å². The number of H-pyrrole nitrogens is 2. The van der Waals surface area contributed by atoms with E-state index in [0.717, 1.165) is 43.9 Å². The number of hydrogen-bond acceptors (Lipinski definition) is 4. The summed E-state index contributed by atoms with van der Waals surface area (Å²) in [5.74, 6) is 1.77. The molecular weight excluding hydrogens is 408 g/mol. The number of aryl methyl sites for hydroxylation is 2. The van der Waals surface area contributed by atoms with Gasteiger partial charge in [0.1, 0.15) is 0 Å². The number of imidazole rings is 2. The van der Waals surface area contributed by atoms with Crippen molar-refractivity contribution in [2.75, 3.05) is 0 Å². The lowest BCUT2D eigenvalue weighted by atomic mass is 10.1. The number of nitrogens with zero attached hydrogens (tertiary/aromatic N) is 2. The van der Waals surface area contributed by atoms with Crippen molar-refractivity contribution in [2.45, 2.75) is 35.7 Å². The molecule has 6 heteroatoms. The van der Waals surface area contributed by atoms with Crippen LogP contribution in [-0.2, 0) is 11.5 Å². The van der Waals surface area contributed by atoms with Gasteiger partial charge in [-0.2, -0.15) is 0 Å². The van der Waals surface area contributed by atoms with Gasteiger partial charge in [0.25, 0.3) is 0 Å². The maximum absolute atomic E-state index is 4.71. The van der Waals surface area contributed by atoms with Gasteiger partial charge in [0.2, 0.25) is 0 Å². The molecule has 2 N–H and O–H groups in total. The van der Waals surface area contributed by atoms with Crippen molar-refractivity contribution in [1.82, 2.24) is 19.9 Å². The minimum absolute atomic E-state index is 0.884. The molecule has 0 bridgehead atoms. The topological polar surface area (TPSA) is 57.4 Å². The van der Waals surface area contributed by atoms with Crippen molar-refractivity contribution in [3.8, 4) is 0 Å². The number of aromatic amines is 2. The number of hydrogen-bond donors (Lipinski definition) is 2. The second-order valence-electron chi connectivity index (χ2n) is 7.47. The van der Waals surface area contributed by atoms with E-state index in [9.17, 15) is 0 Å². The summed E-state index contributed by atoms with van der Waals surface area (Å²) in [5.41, 5.74) is 9.39. The van der Waals surface area contributed by atoms with Crippen molar-refractivity contribution in [1.29, 1.82) is 0 Å². The highest BCUT2D eigenvalue weighted by atomic mass is 32.2. The molecule has 0 aliphatic carbocycles. The first kappa shape index (κ1) is 19.3. The molecule has 0 spiro atoms. The molecule has 2 aromatic heterocycles. The Hall–Kier alpha value is -2.70. The average molecular weight is 431 g/mol. The first-order valence-corrected chi connectivity index (χ1v) is 11.9. The number of nitrogens with one attached hydrogen (secondary N) is 2. The molecule has 0 saturated heterocycles. The lowest BCUT2D eigenvalue weighted by Gasteiger charge is -2.07. The van der Waals surface area contributed by atoms with Crippen LogP contribution in [0.5, 0.6) is 0 Å². The molecule has 30 heavy (non-hydrogen) atoms. The number of aromatic nitrogens is 4. The average Bonchev–Trinajstić information content (AvgIpc) is 3.33. The van der Waals surface area contributed by atoms with E-state index in [0.29, 0.717) is 0 Å². The molecule has 0 amide bonds. The van der Waals surface area contributed by atoms with Crippen molar-refractivity contribution in [3.05, 3.63) is 82.9 Å². The minimum atomic E-state index is 0.884. The number of rotatable bonds is 6. The molecule has 0 aliphatic rings. The Bertz CT molecular complexity index is 1230. The highest BCUT2D eigenvalue weighted by Crippen LogP contribution is 2.29. The van der Waals surface area contributed by atoms with Crippen molar-refractivity contribution in [2.24, 2.45) is 0 Å². The Morgan fingerprint density at radius 3 is 1.60 bits per heavy atom. The van der Waals surface area contributed by atoms with Gasteiger partial charge in [-0.05, 0) is 60.4 Å². The normalized spacial score (nSPS) is 11.5. The minimum Gasteiger partial charge on any atom is -0.333 e. The summed E-state index contributed by atoms with van der Waals surface area (Å²) >= 11 is 3.49. The van der Waals surface area contributed by atoms with Crippen LogP contribution >= 0.6 is 23.5 Å². The summed E-state index contributed by atoms with van der Waals surface area (Å²) in [6.45, 7) is 4.20. The maximum atomic E-state index is 4.71. The third kappa shape index (κ3) is 4.11. The predicted molar refractivity (Wildman–Crippen MR) is 127 cm³/mol. The van der Waals surface area contributed by atoms with E-state index in [1.54, 1.807) is 23.5 Å². The predicted octanol–water partition coefficient (Wildman–Crippen LogP) is 6.64. The van der Waals surface area contributed by atoms with Crippen LogP contribution in [-0.4, -0.2) is 19.9 Å². The molecule has 0 saturated carbocycles. The molecule has 4 nitrogen and oxygen atoms in total. The Labute approximate surface area is 183 Å². The Morgan fingerprint density at radius 1 is 0.667 bits per heavy atom. The number of fused-ring (bicyclic) bond motifs is 2. The van der Waals surface area contributed by atoms with E-state index >= 15 is 0 Å². The third-order valence-electron chi connectivity index (χ3n) is 5.08. The smallest absolute Gasteiger partial charge is 0.166 e. The molecule has 2 heterocycles. The van der Waals surface area contributed by atoms with Crippen LogP contribution in [0.2, 0.25) is 0 Å². The van der Waals surface area contributed by atoms with Crippen LogP contribution in [0.25, 0.3) is 22.1 Å². The van der Waals surface area contributed by atoms with Crippen molar-refractivity contribution in [3.63, 3.8) is 0 Å². The summed E-state index contributed by atoms with van der Waals surface area (Å²) < 4.78 is 0. The van der Waals surface area contributed by atoms with Crippen molar-refractivity contribution < 1.29 is 0 Å². The van der Waals surface area contributed by atoms with Gasteiger partial charge >= 0.3 is 0 Å². The van der Waals surface area contributed by atoms with E-state index in [4.69, 9.17) is 9.97 Å². The zero-order valence-corrected chi connectivity index (χ0v) is 18.5. The molecule has 5 rings (SSSR count). The summed E-state index contributed by atoms with van der Waals surface area (Å²) in [6, 6.07) is 21.3. The monoisotopic (exact) mass is 430 g/mol. The van der Waals surface area contributed by atoms with Crippen LogP contribution in [0.15, 0.2) is 71.0 Å². The van der Waals surface area contributed by atoms with E-state index in [1.165, 1.54) is 22.3 Å². The number of thioether (sulfide) groups is 2. The van der Waals surface area contributed by atoms with Gasteiger partial charge in [0.15, 0.2) is 10.3 Å². The molecule has 5 aromatic rings. The lowest BCUT2D eigenvalue weighted by Crippen LogP contribution is -1.91. The van der Waals surface area contributed by atoms with E-state index < -0.39 is 0 Å². The first-order valence-electron chi connectivity index (χ1n) is 9.89. The third-order valence-corrected chi connectivity index (χ3v) is 6.92. The summed E-state index contributed by atoms with van der Waals surface area (Å²) in [4.78, 5) is 16.3. The molecule has 0 unspecified atom stereocenters. The zero-order chi connectivity index (χ0) is 20.5. The molecule has 3 aromatic carbocycles. The molecule has 150 valence electrons. The maximum Gasteiger partial charge on any atom is 0.166 e. The van der Waals surface area contributed by atoms with E-state index in [1.807, 2.05) is 0 Å². The van der Waals surface area contributed by atoms with Gasteiger partial charge in [-0.1, -0.05) is 59.9 Å². The lowest BCUT2D eigenvalue weighted by molar-refractivity contribution is 1.07. The quantitative estimate of drug-likeness (QED) is 0.296. The van der Waals surface area contributed by atoms with Crippen molar-refractivity contribution >= 4 is 45.6 Å². The zero-order valence-electron chi connectivity index (χ0n) is 16.9. The molecular formula is C24H22N4S2. The molecule has 0 radical (unpaired) electrons.